The molecule has 0 aliphatic carbocycles. The van der Waals surface area contributed by atoms with Crippen molar-refractivity contribution in [3.63, 3.8) is 0 Å². The monoisotopic (exact) mass is 365 g/mol. The SMILES string of the molecule is C[C@@H]1CC[C@H](C)N1[C@H]1CCCN(C(=O)c2cncc(Br)c2)C1. The van der Waals surface area contributed by atoms with Crippen molar-refractivity contribution in [1.29, 1.82) is 0 Å². The van der Waals surface area contributed by atoms with Gasteiger partial charge in [-0.1, -0.05) is 0 Å². The van der Waals surface area contributed by atoms with Crippen LogP contribution >= 0.6 is 15.9 Å². The van der Waals surface area contributed by atoms with Crippen molar-refractivity contribution in [3.8, 4) is 0 Å². The Kier molecular flexibility index (Phi) is 4.83. The summed E-state index contributed by atoms with van der Waals surface area (Å²) >= 11 is 3.39. The lowest BCUT2D eigenvalue weighted by Crippen LogP contribution is -2.52. The van der Waals surface area contributed by atoms with Gasteiger partial charge >= 0.3 is 0 Å². The number of piperidine rings is 1. The number of carbonyl (C=O) groups is 1. The van der Waals surface area contributed by atoms with Gasteiger partial charge in [-0.15, -0.1) is 0 Å². The third kappa shape index (κ3) is 3.20. The third-order valence-electron chi connectivity index (χ3n) is 5.08. The Morgan fingerprint density at radius 3 is 2.64 bits per heavy atom. The largest absolute Gasteiger partial charge is 0.337 e. The summed E-state index contributed by atoms with van der Waals surface area (Å²) in [6.45, 7) is 6.35. The van der Waals surface area contributed by atoms with E-state index in [1.807, 2.05) is 11.0 Å². The van der Waals surface area contributed by atoms with E-state index in [4.69, 9.17) is 0 Å². The molecule has 3 rings (SSSR count). The average Bonchev–Trinajstić information content (AvgIpc) is 2.85. The Bertz CT molecular complexity index is 540. The van der Waals surface area contributed by atoms with Crippen LogP contribution in [-0.2, 0) is 0 Å². The molecule has 4 nitrogen and oxygen atoms in total. The lowest BCUT2D eigenvalue weighted by molar-refractivity contribution is 0.0486. The number of likely N-dealkylation sites (tertiary alicyclic amines) is 2. The van der Waals surface area contributed by atoms with Crippen LogP contribution in [0.25, 0.3) is 0 Å². The van der Waals surface area contributed by atoms with Crippen LogP contribution in [0.5, 0.6) is 0 Å². The number of hydrogen-bond donors (Lipinski definition) is 0. The zero-order valence-electron chi connectivity index (χ0n) is 13.3. The van der Waals surface area contributed by atoms with Gasteiger partial charge in [0.1, 0.15) is 0 Å². The molecule has 3 heterocycles. The van der Waals surface area contributed by atoms with Crippen molar-refractivity contribution in [2.24, 2.45) is 0 Å². The van der Waals surface area contributed by atoms with Crippen molar-refractivity contribution in [2.75, 3.05) is 13.1 Å². The van der Waals surface area contributed by atoms with Gasteiger partial charge in [-0.3, -0.25) is 14.7 Å². The summed E-state index contributed by atoms with van der Waals surface area (Å²) in [7, 11) is 0. The zero-order valence-corrected chi connectivity index (χ0v) is 14.9. The first-order chi connectivity index (χ1) is 10.6. The van der Waals surface area contributed by atoms with Crippen LogP contribution in [0.1, 0.15) is 49.9 Å². The topological polar surface area (TPSA) is 36.4 Å². The van der Waals surface area contributed by atoms with Crippen LogP contribution in [0, 0.1) is 0 Å². The summed E-state index contributed by atoms with van der Waals surface area (Å²) in [5, 5.41) is 0. The second-order valence-corrected chi connectivity index (χ2v) is 7.58. The number of carbonyl (C=O) groups excluding carboxylic acids is 1. The standard InChI is InChI=1S/C17H24BrN3O/c1-12-5-6-13(2)21(12)16-4-3-7-20(11-16)17(22)14-8-15(18)10-19-9-14/h8-10,12-13,16H,3-7,11H2,1-2H3/t12-,13+,16-/m0/s1. The fourth-order valence-corrected chi connectivity index (χ4v) is 4.39. The highest BCUT2D eigenvalue weighted by Crippen LogP contribution is 2.30. The molecule has 1 aromatic rings. The summed E-state index contributed by atoms with van der Waals surface area (Å²) in [5.74, 6) is 0.109. The Hall–Kier alpha value is -0.940. The van der Waals surface area contributed by atoms with E-state index in [0.717, 1.165) is 24.0 Å². The molecule has 2 aliphatic rings. The molecular weight excluding hydrogens is 342 g/mol. The zero-order chi connectivity index (χ0) is 15.7. The number of pyridine rings is 1. The van der Waals surface area contributed by atoms with E-state index in [1.54, 1.807) is 12.4 Å². The maximum atomic E-state index is 12.7. The first-order valence-corrected chi connectivity index (χ1v) is 9.03. The quantitative estimate of drug-likeness (QED) is 0.806. The Balaban J connectivity index is 1.71. The Morgan fingerprint density at radius 2 is 1.95 bits per heavy atom. The number of aromatic nitrogens is 1. The second-order valence-electron chi connectivity index (χ2n) is 6.66. The van der Waals surface area contributed by atoms with E-state index in [-0.39, 0.29) is 5.91 Å². The number of hydrogen-bond acceptors (Lipinski definition) is 3. The summed E-state index contributed by atoms with van der Waals surface area (Å²) in [6.07, 6.45) is 8.23. The fraction of sp³-hybridized carbons (Fsp3) is 0.647. The van der Waals surface area contributed by atoms with Crippen LogP contribution in [0.15, 0.2) is 22.9 Å². The van der Waals surface area contributed by atoms with Crippen molar-refractivity contribution in [1.82, 2.24) is 14.8 Å². The lowest BCUT2D eigenvalue weighted by atomic mass is 10.0. The maximum absolute atomic E-state index is 12.7. The molecule has 2 aliphatic heterocycles. The van der Waals surface area contributed by atoms with Gasteiger partial charge in [0.15, 0.2) is 0 Å². The minimum absolute atomic E-state index is 0.109. The molecule has 120 valence electrons. The molecule has 2 saturated heterocycles. The maximum Gasteiger partial charge on any atom is 0.255 e. The molecule has 0 saturated carbocycles. The Labute approximate surface area is 141 Å². The number of halogens is 1. The summed E-state index contributed by atoms with van der Waals surface area (Å²) in [5.41, 5.74) is 0.678. The summed E-state index contributed by atoms with van der Waals surface area (Å²) in [6, 6.07) is 3.65. The molecule has 0 unspecified atom stereocenters. The average molecular weight is 366 g/mol. The van der Waals surface area contributed by atoms with E-state index < -0.39 is 0 Å². The number of nitrogens with zero attached hydrogens (tertiary/aromatic N) is 3. The highest BCUT2D eigenvalue weighted by Gasteiger charge is 2.36. The van der Waals surface area contributed by atoms with Gasteiger partial charge < -0.3 is 4.90 Å². The van der Waals surface area contributed by atoms with Crippen molar-refractivity contribution >= 4 is 21.8 Å². The van der Waals surface area contributed by atoms with Crippen molar-refractivity contribution in [2.45, 2.75) is 57.7 Å². The predicted molar refractivity (Wildman–Crippen MR) is 90.9 cm³/mol. The van der Waals surface area contributed by atoms with Crippen LogP contribution in [0.4, 0.5) is 0 Å². The predicted octanol–water partition coefficient (Wildman–Crippen LogP) is 3.32. The van der Waals surface area contributed by atoms with E-state index >= 15 is 0 Å². The number of amides is 1. The molecule has 1 amide bonds. The smallest absolute Gasteiger partial charge is 0.255 e. The van der Waals surface area contributed by atoms with Gasteiger partial charge in [-0.05, 0) is 61.5 Å². The molecule has 0 aromatic carbocycles. The third-order valence-corrected chi connectivity index (χ3v) is 5.51. The summed E-state index contributed by atoms with van der Waals surface area (Å²) in [4.78, 5) is 21.5. The molecule has 0 bridgehead atoms. The second kappa shape index (κ2) is 6.67. The molecule has 0 spiro atoms. The van der Waals surface area contributed by atoms with Crippen molar-refractivity contribution < 1.29 is 4.79 Å². The van der Waals surface area contributed by atoms with Crippen LogP contribution in [0.2, 0.25) is 0 Å². The molecule has 0 radical (unpaired) electrons. The molecule has 0 N–H and O–H groups in total. The van der Waals surface area contributed by atoms with Crippen LogP contribution < -0.4 is 0 Å². The van der Waals surface area contributed by atoms with Gasteiger partial charge in [0.2, 0.25) is 0 Å². The van der Waals surface area contributed by atoms with Crippen LogP contribution in [-0.4, -0.2) is 51.9 Å². The highest BCUT2D eigenvalue weighted by molar-refractivity contribution is 9.10. The number of rotatable bonds is 2. The fourth-order valence-electron chi connectivity index (χ4n) is 4.03. The van der Waals surface area contributed by atoms with Gasteiger partial charge in [0.25, 0.3) is 5.91 Å². The lowest BCUT2D eigenvalue weighted by Gasteiger charge is -2.41. The molecule has 5 heteroatoms. The van der Waals surface area contributed by atoms with Gasteiger partial charge in [-0.25, -0.2) is 0 Å². The first kappa shape index (κ1) is 15.9. The first-order valence-electron chi connectivity index (χ1n) is 8.23. The molecule has 3 atom stereocenters. The minimum Gasteiger partial charge on any atom is -0.337 e. The molecular formula is C17H24BrN3O. The molecule has 22 heavy (non-hydrogen) atoms. The summed E-state index contributed by atoms with van der Waals surface area (Å²) < 4.78 is 0.855. The van der Waals surface area contributed by atoms with E-state index in [0.29, 0.717) is 23.7 Å². The van der Waals surface area contributed by atoms with Crippen LogP contribution in [0.3, 0.4) is 0 Å². The van der Waals surface area contributed by atoms with E-state index in [1.165, 1.54) is 19.3 Å². The van der Waals surface area contributed by atoms with Gasteiger partial charge in [0.05, 0.1) is 5.56 Å². The molecule has 2 fully saturated rings. The molecule has 1 aromatic heterocycles. The minimum atomic E-state index is 0.109. The van der Waals surface area contributed by atoms with Gasteiger partial charge in [0, 0.05) is 48.1 Å². The Morgan fingerprint density at radius 1 is 1.23 bits per heavy atom. The van der Waals surface area contributed by atoms with E-state index in [9.17, 15) is 4.79 Å². The van der Waals surface area contributed by atoms with Crippen molar-refractivity contribution in [3.05, 3.63) is 28.5 Å². The normalized spacial score (nSPS) is 29.8. The highest BCUT2D eigenvalue weighted by atomic mass is 79.9. The van der Waals surface area contributed by atoms with E-state index in [2.05, 4.69) is 39.7 Å². The van der Waals surface area contributed by atoms with Gasteiger partial charge in [-0.2, -0.15) is 0 Å².